The first-order valence-corrected chi connectivity index (χ1v) is 7.16. The van der Waals surface area contributed by atoms with Crippen molar-refractivity contribution < 1.29 is 9.84 Å². The van der Waals surface area contributed by atoms with Crippen LogP contribution >= 0.6 is 0 Å². The molecule has 1 N–H and O–H groups in total. The number of ether oxygens (including phenoxy) is 1. The summed E-state index contributed by atoms with van der Waals surface area (Å²) in [7, 11) is 1.66. The van der Waals surface area contributed by atoms with Gasteiger partial charge in [-0.3, -0.25) is 0 Å². The van der Waals surface area contributed by atoms with Crippen molar-refractivity contribution in [3.8, 4) is 5.75 Å². The highest BCUT2D eigenvalue weighted by atomic mass is 16.5. The highest BCUT2D eigenvalue weighted by Crippen LogP contribution is 2.37. The first kappa shape index (κ1) is 14.2. The molecule has 2 rings (SSSR count). The van der Waals surface area contributed by atoms with Crippen LogP contribution in [0, 0.1) is 5.92 Å². The molecular weight excluding hydrogens is 238 g/mol. The maximum Gasteiger partial charge on any atom is 0.126 e. The summed E-state index contributed by atoms with van der Waals surface area (Å²) in [6, 6.07) is 6.54. The van der Waals surface area contributed by atoms with E-state index in [1.807, 2.05) is 12.1 Å². The van der Waals surface area contributed by atoms with Gasteiger partial charge in [-0.1, -0.05) is 13.0 Å². The van der Waals surface area contributed by atoms with Crippen LogP contribution in [0.15, 0.2) is 18.2 Å². The third kappa shape index (κ3) is 2.86. The number of piperidine rings is 1. The lowest BCUT2D eigenvalue weighted by Crippen LogP contribution is -2.41. The van der Waals surface area contributed by atoms with Crippen LogP contribution in [-0.2, 0) is 0 Å². The Balaban J connectivity index is 2.43. The second-order valence-corrected chi connectivity index (χ2v) is 5.75. The van der Waals surface area contributed by atoms with Crippen molar-refractivity contribution in [3.63, 3.8) is 0 Å². The van der Waals surface area contributed by atoms with Gasteiger partial charge < -0.3 is 14.7 Å². The zero-order valence-electron chi connectivity index (χ0n) is 12.4. The quantitative estimate of drug-likeness (QED) is 0.907. The SMILES string of the molecule is COc1cccc(N2CC(C)CCC2C)c1[C@@H](C)O. The van der Waals surface area contributed by atoms with Crippen molar-refractivity contribution in [2.75, 3.05) is 18.6 Å². The topological polar surface area (TPSA) is 32.7 Å². The molecule has 3 heteroatoms. The van der Waals surface area contributed by atoms with E-state index >= 15 is 0 Å². The Morgan fingerprint density at radius 3 is 2.68 bits per heavy atom. The van der Waals surface area contributed by atoms with Gasteiger partial charge in [-0.25, -0.2) is 0 Å². The van der Waals surface area contributed by atoms with Gasteiger partial charge in [0.25, 0.3) is 0 Å². The molecule has 3 atom stereocenters. The van der Waals surface area contributed by atoms with Gasteiger partial charge in [0.05, 0.1) is 13.2 Å². The molecule has 1 aliphatic rings. The molecule has 1 saturated heterocycles. The third-order valence-electron chi connectivity index (χ3n) is 4.11. The summed E-state index contributed by atoms with van der Waals surface area (Å²) in [5, 5.41) is 10.1. The zero-order valence-corrected chi connectivity index (χ0v) is 12.4. The molecule has 0 aromatic heterocycles. The number of rotatable bonds is 3. The smallest absolute Gasteiger partial charge is 0.126 e. The van der Waals surface area contributed by atoms with Crippen molar-refractivity contribution in [2.45, 2.75) is 45.8 Å². The normalized spacial score (nSPS) is 25.2. The molecular formula is C16H25NO2. The van der Waals surface area contributed by atoms with Gasteiger partial charge >= 0.3 is 0 Å². The van der Waals surface area contributed by atoms with Crippen LogP contribution in [0.4, 0.5) is 5.69 Å². The Morgan fingerprint density at radius 1 is 1.32 bits per heavy atom. The molecule has 0 bridgehead atoms. The predicted octanol–water partition coefficient (Wildman–Crippen LogP) is 3.37. The molecule has 1 fully saturated rings. The molecule has 3 nitrogen and oxygen atoms in total. The molecule has 0 amide bonds. The summed E-state index contributed by atoms with van der Waals surface area (Å²) in [6.45, 7) is 7.41. The number of anilines is 1. The molecule has 19 heavy (non-hydrogen) atoms. The van der Waals surface area contributed by atoms with Gasteiger partial charge in [0.2, 0.25) is 0 Å². The average molecular weight is 263 g/mol. The van der Waals surface area contributed by atoms with E-state index in [1.54, 1.807) is 14.0 Å². The van der Waals surface area contributed by atoms with E-state index in [9.17, 15) is 5.11 Å². The molecule has 1 heterocycles. The van der Waals surface area contributed by atoms with Gasteiger partial charge in [-0.2, -0.15) is 0 Å². The van der Waals surface area contributed by atoms with Crippen LogP contribution < -0.4 is 9.64 Å². The number of methoxy groups -OCH3 is 1. The number of benzene rings is 1. The highest BCUT2D eigenvalue weighted by Gasteiger charge is 2.27. The van der Waals surface area contributed by atoms with Crippen molar-refractivity contribution in [3.05, 3.63) is 23.8 Å². The van der Waals surface area contributed by atoms with Gasteiger partial charge in [-0.05, 0) is 44.7 Å². The molecule has 106 valence electrons. The first-order chi connectivity index (χ1) is 9.04. The zero-order chi connectivity index (χ0) is 14.0. The van der Waals surface area contributed by atoms with E-state index in [4.69, 9.17) is 4.74 Å². The van der Waals surface area contributed by atoms with Crippen molar-refractivity contribution in [1.82, 2.24) is 0 Å². The molecule has 0 spiro atoms. The Kier molecular flexibility index (Phi) is 4.35. The summed E-state index contributed by atoms with van der Waals surface area (Å²) in [6.07, 6.45) is 1.97. The van der Waals surface area contributed by atoms with Gasteiger partial charge in [-0.15, -0.1) is 0 Å². The summed E-state index contributed by atoms with van der Waals surface area (Å²) >= 11 is 0. The lowest BCUT2D eigenvalue weighted by Gasteiger charge is -2.40. The van der Waals surface area contributed by atoms with E-state index in [1.165, 1.54) is 12.8 Å². The minimum absolute atomic E-state index is 0.515. The molecule has 0 saturated carbocycles. The minimum Gasteiger partial charge on any atom is -0.496 e. The van der Waals surface area contributed by atoms with E-state index < -0.39 is 6.10 Å². The van der Waals surface area contributed by atoms with Crippen LogP contribution in [0.25, 0.3) is 0 Å². The van der Waals surface area contributed by atoms with Crippen LogP contribution in [0.2, 0.25) is 0 Å². The summed E-state index contributed by atoms with van der Waals surface area (Å²) in [4.78, 5) is 2.42. The van der Waals surface area contributed by atoms with Crippen LogP contribution in [0.5, 0.6) is 5.75 Å². The Hall–Kier alpha value is -1.22. The van der Waals surface area contributed by atoms with Gasteiger partial charge in [0.1, 0.15) is 5.75 Å². The van der Waals surface area contributed by atoms with E-state index in [2.05, 4.69) is 24.8 Å². The molecule has 1 aromatic carbocycles. The fourth-order valence-electron chi connectivity index (χ4n) is 3.01. The van der Waals surface area contributed by atoms with Gasteiger partial charge in [0.15, 0.2) is 0 Å². The number of nitrogens with zero attached hydrogens (tertiary/aromatic N) is 1. The summed E-state index contributed by atoms with van der Waals surface area (Å²) < 4.78 is 5.41. The Labute approximate surface area is 116 Å². The molecule has 0 radical (unpaired) electrons. The summed E-state index contributed by atoms with van der Waals surface area (Å²) in [5.41, 5.74) is 2.03. The fraction of sp³-hybridized carbons (Fsp3) is 0.625. The molecule has 2 unspecified atom stereocenters. The van der Waals surface area contributed by atoms with E-state index in [0.717, 1.165) is 23.5 Å². The average Bonchev–Trinajstić information content (AvgIpc) is 2.40. The molecule has 1 aromatic rings. The number of aliphatic hydroxyl groups excluding tert-OH is 1. The largest absolute Gasteiger partial charge is 0.496 e. The van der Waals surface area contributed by atoms with Crippen molar-refractivity contribution >= 4 is 5.69 Å². The van der Waals surface area contributed by atoms with E-state index in [-0.39, 0.29) is 0 Å². The predicted molar refractivity (Wildman–Crippen MR) is 78.8 cm³/mol. The van der Waals surface area contributed by atoms with Crippen LogP contribution in [0.1, 0.15) is 45.3 Å². The lowest BCUT2D eigenvalue weighted by atomic mass is 9.93. The second kappa shape index (κ2) is 5.83. The fourth-order valence-corrected chi connectivity index (χ4v) is 3.01. The standard InChI is InChI=1S/C16H25NO2/c1-11-8-9-12(2)17(10-11)14-6-5-7-15(19-4)16(14)13(3)18/h5-7,11-13,18H,8-10H2,1-4H3/t11?,12?,13-/m1/s1. The maximum absolute atomic E-state index is 10.1. The van der Waals surface area contributed by atoms with Crippen molar-refractivity contribution in [1.29, 1.82) is 0 Å². The molecule has 0 aliphatic carbocycles. The monoisotopic (exact) mass is 263 g/mol. The van der Waals surface area contributed by atoms with Crippen molar-refractivity contribution in [2.24, 2.45) is 5.92 Å². The third-order valence-corrected chi connectivity index (χ3v) is 4.11. The molecule has 1 aliphatic heterocycles. The number of aliphatic hydroxyl groups is 1. The number of hydrogen-bond donors (Lipinski definition) is 1. The van der Waals surface area contributed by atoms with Crippen LogP contribution in [-0.4, -0.2) is 24.8 Å². The minimum atomic E-state index is -0.518. The maximum atomic E-state index is 10.1. The lowest BCUT2D eigenvalue weighted by molar-refractivity contribution is 0.194. The summed E-state index contributed by atoms with van der Waals surface area (Å²) in [5.74, 6) is 1.47. The van der Waals surface area contributed by atoms with E-state index in [0.29, 0.717) is 12.0 Å². The van der Waals surface area contributed by atoms with Gasteiger partial charge in [0, 0.05) is 23.8 Å². The Bertz CT molecular complexity index is 431. The number of hydrogen-bond acceptors (Lipinski definition) is 3. The first-order valence-electron chi connectivity index (χ1n) is 7.16. The van der Waals surface area contributed by atoms with Crippen LogP contribution in [0.3, 0.4) is 0 Å². The highest BCUT2D eigenvalue weighted by molar-refractivity contribution is 5.61. The Morgan fingerprint density at radius 2 is 2.05 bits per heavy atom. The second-order valence-electron chi connectivity index (χ2n) is 5.75.